The van der Waals surface area contributed by atoms with Gasteiger partial charge < -0.3 is 4.90 Å². The van der Waals surface area contributed by atoms with Crippen LogP contribution in [0.3, 0.4) is 0 Å². The fraction of sp³-hybridized carbons (Fsp3) is 0.429. The van der Waals surface area contributed by atoms with Gasteiger partial charge in [0.25, 0.3) is 0 Å². The first-order valence-corrected chi connectivity index (χ1v) is 8.47. The van der Waals surface area contributed by atoms with E-state index >= 15 is 0 Å². The maximum atomic E-state index is 11.2. The van der Waals surface area contributed by atoms with Crippen molar-refractivity contribution >= 4 is 45.7 Å². The number of hydrogen-bond acceptors (Lipinski definition) is 5. The van der Waals surface area contributed by atoms with Gasteiger partial charge in [0.05, 0.1) is 21.5 Å². The number of anilines is 1. The van der Waals surface area contributed by atoms with Gasteiger partial charge in [-0.1, -0.05) is 36.8 Å². The second kappa shape index (κ2) is 6.70. The largest absolute Gasteiger partial charge is 0.346 e. The Hall–Kier alpha value is -0.910. The Bertz CT molecular complexity index is 594. The summed E-state index contributed by atoms with van der Waals surface area (Å²) in [5.74, 6) is 0.310. The molecule has 0 N–H and O–H groups in total. The van der Waals surface area contributed by atoms with E-state index in [1.54, 1.807) is 11.3 Å². The number of hydrogen-bond donors (Lipinski definition) is 0. The number of aromatic nitrogens is 1. The van der Waals surface area contributed by atoms with E-state index < -0.39 is 0 Å². The van der Waals surface area contributed by atoms with E-state index in [2.05, 4.69) is 23.7 Å². The number of carbonyl (C=O) groups is 1. The second-order valence-corrected chi connectivity index (χ2v) is 7.54. The Balaban J connectivity index is 2.19. The molecule has 1 atom stereocenters. The van der Waals surface area contributed by atoms with Crippen molar-refractivity contribution in [3.8, 4) is 0 Å². The predicted molar refractivity (Wildman–Crippen MR) is 87.6 cm³/mol. The molecule has 108 valence electrons. The first-order valence-electron chi connectivity index (χ1n) is 6.46. The van der Waals surface area contributed by atoms with Crippen molar-refractivity contribution in [3.05, 3.63) is 31.9 Å². The standard InChI is InChI=1S/C14H17ClN2OS2/c1-4-9(2)13-11(8-18)20-14(16-13)17(3)7-10-5-6-12(15)19-10/h5-6,8-9H,4,7H2,1-3H3. The SMILES string of the molecule is CCC(C)c1nc(N(C)Cc2ccc(Cl)s2)sc1C=O. The molecule has 0 amide bonds. The van der Waals surface area contributed by atoms with Gasteiger partial charge in [0, 0.05) is 11.9 Å². The highest BCUT2D eigenvalue weighted by atomic mass is 35.5. The van der Waals surface area contributed by atoms with E-state index in [1.165, 1.54) is 16.2 Å². The molecule has 2 aromatic rings. The lowest BCUT2D eigenvalue weighted by Crippen LogP contribution is -2.15. The summed E-state index contributed by atoms with van der Waals surface area (Å²) >= 11 is 8.97. The highest BCUT2D eigenvalue weighted by molar-refractivity contribution is 7.17. The lowest BCUT2D eigenvalue weighted by molar-refractivity contribution is 0.112. The smallest absolute Gasteiger partial charge is 0.186 e. The minimum atomic E-state index is 0.310. The summed E-state index contributed by atoms with van der Waals surface area (Å²) in [7, 11) is 1.99. The molecule has 20 heavy (non-hydrogen) atoms. The average molecular weight is 329 g/mol. The Morgan fingerprint density at radius 1 is 1.45 bits per heavy atom. The summed E-state index contributed by atoms with van der Waals surface area (Å²) in [6.45, 7) is 4.96. The lowest BCUT2D eigenvalue weighted by atomic mass is 10.0. The van der Waals surface area contributed by atoms with Crippen LogP contribution in [0.5, 0.6) is 0 Å². The monoisotopic (exact) mass is 328 g/mol. The van der Waals surface area contributed by atoms with Crippen molar-refractivity contribution in [3.63, 3.8) is 0 Å². The van der Waals surface area contributed by atoms with Crippen molar-refractivity contribution < 1.29 is 4.79 Å². The van der Waals surface area contributed by atoms with Crippen LogP contribution in [-0.4, -0.2) is 18.3 Å². The van der Waals surface area contributed by atoms with E-state index in [0.717, 1.165) is 39.3 Å². The van der Waals surface area contributed by atoms with Gasteiger partial charge in [0.2, 0.25) is 0 Å². The molecule has 0 radical (unpaired) electrons. The zero-order valence-electron chi connectivity index (χ0n) is 11.7. The molecular formula is C14H17ClN2OS2. The van der Waals surface area contributed by atoms with Crippen molar-refractivity contribution in [2.75, 3.05) is 11.9 Å². The lowest BCUT2D eigenvalue weighted by Gasteiger charge is -2.14. The summed E-state index contributed by atoms with van der Waals surface area (Å²) in [4.78, 5) is 19.8. The van der Waals surface area contributed by atoms with Crippen LogP contribution in [0.1, 0.15) is 46.4 Å². The van der Waals surface area contributed by atoms with Crippen LogP contribution in [0, 0.1) is 0 Å². The minimum Gasteiger partial charge on any atom is -0.346 e. The fourth-order valence-corrected chi connectivity index (χ4v) is 3.97. The molecule has 1 unspecified atom stereocenters. The highest BCUT2D eigenvalue weighted by Crippen LogP contribution is 2.32. The molecule has 6 heteroatoms. The van der Waals surface area contributed by atoms with Crippen molar-refractivity contribution in [2.45, 2.75) is 32.7 Å². The molecule has 0 saturated carbocycles. The quantitative estimate of drug-likeness (QED) is 0.713. The average Bonchev–Trinajstić information content (AvgIpc) is 3.04. The molecule has 0 aliphatic rings. The number of thiazole rings is 1. The summed E-state index contributed by atoms with van der Waals surface area (Å²) in [5, 5.41) is 0.881. The molecule has 2 rings (SSSR count). The van der Waals surface area contributed by atoms with Crippen LogP contribution >= 0.6 is 34.3 Å². The molecule has 2 aromatic heterocycles. The van der Waals surface area contributed by atoms with Gasteiger partial charge in [-0.3, -0.25) is 4.79 Å². The van der Waals surface area contributed by atoms with Crippen molar-refractivity contribution in [1.82, 2.24) is 4.98 Å². The molecule has 0 bridgehead atoms. The number of halogens is 1. The number of nitrogens with zero attached hydrogens (tertiary/aromatic N) is 2. The number of rotatable bonds is 6. The first-order chi connectivity index (χ1) is 9.55. The van der Waals surface area contributed by atoms with Crippen molar-refractivity contribution in [2.24, 2.45) is 0 Å². The molecule has 0 aliphatic carbocycles. The molecule has 0 spiro atoms. The topological polar surface area (TPSA) is 33.2 Å². The van der Waals surface area contributed by atoms with Crippen LogP contribution in [0.2, 0.25) is 4.34 Å². The van der Waals surface area contributed by atoms with E-state index in [0.29, 0.717) is 5.92 Å². The van der Waals surface area contributed by atoms with Crippen LogP contribution in [0.15, 0.2) is 12.1 Å². The van der Waals surface area contributed by atoms with Gasteiger partial charge in [-0.25, -0.2) is 4.98 Å². The predicted octanol–water partition coefficient (Wildman–Crippen LogP) is 4.82. The molecule has 2 heterocycles. The molecular weight excluding hydrogens is 312 g/mol. The molecule has 0 saturated heterocycles. The summed E-state index contributed by atoms with van der Waals surface area (Å²) in [6.07, 6.45) is 1.90. The van der Waals surface area contributed by atoms with Gasteiger partial charge in [0.1, 0.15) is 0 Å². The maximum absolute atomic E-state index is 11.2. The number of carbonyl (C=O) groups excluding carboxylic acids is 1. The van der Waals surface area contributed by atoms with E-state index in [1.807, 2.05) is 19.2 Å². The van der Waals surface area contributed by atoms with Crippen LogP contribution < -0.4 is 4.90 Å². The highest BCUT2D eigenvalue weighted by Gasteiger charge is 2.18. The summed E-state index contributed by atoms with van der Waals surface area (Å²) < 4.78 is 0.793. The third kappa shape index (κ3) is 3.40. The Morgan fingerprint density at radius 3 is 2.75 bits per heavy atom. The van der Waals surface area contributed by atoms with Gasteiger partial charge in [0.15, 0.2) is 11.4 Å². The van der Waals surface area contributed by atoms with Crippen LogP contribution in [0.4, 0.5) is 5.13 Å². The van der Waals surface area contributed by atoms with Crippen LogP contribution in [-0.2, 0) is 6.54 Å². The molecule has 0 aromatic carbocycles. The third-order valence-corrected chi connectivity index (χ3v) is 5.53. The normalized spacial score (nSPS) is 12.4. The van der Waals surface area contributed by atoms with Gasteiger partial charge >= 0.3 is 0 Å². The summed E-state index contributed by atoms with van der Waals surface area (Å²) in [6, 6.07) is 3.92. The van der Waals surface area contributed by atoms with Gasteiger partial charge in [-0.15, -0.1) is 11.3 Å². The fourth-order valence-electron chi connectivity index (χ4n) is 1.86. The number of thiophene rings is 1. The Morgan fingerprint density at radius 2 is 2.20 bits per heavy atom. The minimum absolute atomic E-state index is 0.310. The zero-order valence-corrected chi connectivity index (χ0v) is 14.1. The third-order valence-electron chi connectivity index (χ3n) is 3.20. The second-order valence-electron chi connectivity index (χ2n) is 4.73. The molecule has 0 aliphatic heterocycles. The Labute approximate surface area is 132 Å². The maximum Gasteiger partial charge on any atom is 0.186 e. The molecule has 0 fully saturated rings. The van der Waals surface area contributed by atoms with E-state index in [9.17, 15) is 4.79 Å². The van der Waals surface area contributed by atoms with Gasteiger partial charge in [-0.05, 0) is 24.5 Å². The number of aldehydes is 1. The summed E-state index contributed by atoms with van der Waals surface area (Å²) in [5.41, 5.74) is 0.915. The Kier molecular flexibility index (Phi) is 5.18. The first kappa shape index (κ1) is 15.5. The van der Waals surface area contributed by atoms with E-state index in [-0.39, 0.29) is 0 Å². The van der Waals surface area contributed by atoms with Gasteiger partial charge in [-0.2, -0.15) is 0 Å². The van der Waals surface area contributed by atoms with E-state index in [4.69, 9.17) is 11.6 Å². The van der Waals surface area contributed by atoms with Crippen molar-refractivity contribution in [1.29, 1.82) is 0 Å². The molecule has 3 nitrogen and oxygen atoms in total. The van der Waals surface area contributed by atoms with Crippen LogP contribution in [0.25, 0.3) is 0 Å². The zero-order chi connectivity index (χ0) is 14.7.